The molecule has 3 unspecified atom stereocenters. The van der Waals surface area contributed by atoms with Crippen molar-refractivity contribution in [2.45, 2.75) is 283 Å². The zero-order valence-corrected chi connectivity index (χ0v) is 47.6. The van der Waals surface area contributed by atoms with Crippen LogP contribution in [-0.2, 0) is 18.4 Å². The van der Waals surface area contributed by atoms with E-state index in [9.17, 15) is 19.4 Å². The minimum Gasteiger partial charge on any atom is -0.756 e. The average molecular weight is 1000 g/mol. The minimum atomic E-state index is -4.61. The maximum Gasteiger partial charge on any atom is 0.268 e. The highest BCUT2D eigenvalue weighted by atomic mass is 31.2. The average Bonchev–Trinajstić information content (AvgIpc) is 3.32. The van der Waals surface area contributed by atoms with Crippen LogP contribution < -0.4 is 10.2 Å². The Morgan fingerprint density at radius 1 is 0.500 bits per heavy atom. The van der Waals surface area contributed by atoms with Gasteiger partial charge in [-0.2, -0.15) is 0 Å². The fourth-order valence-electron chi connectivity index (χ4n) is 8.51. The SMILES string of the molecule is CCCCCCC/C=C\C/C=C\CCCCCCCCCCCCCC(=O)NC(COP(=O)([O-])OCC[N+](C)(C)C)C(O)/C=C/CC/C=C/CC/C=C/CCCCCCCCCCCCCCCCC. The third kappa shape index (κ3) is 54.0. The number of quaternary nitrogens is 1. The number of aliphatic hydroxyl groups is 1. The standard InChI is InChI=1S/C61H115N2O6P/c1-6-8-10-12-14-16-18-20-22-24-26-28-30-31-33-34-36-38-40-42-44-46-48-50-52-54-60(64)59(58-69-70(66,67)68-57-56-63(3,4)5)62-61(65)55-53-51-49-47-45-43-41-39-37-35-32-29-27-25-23-21-19-17-15-13-11-9-7-2/h19,21,25,27,36,38,44,46,52,54,59-60,64H,6-18,20,22-24,26,28-35,37,39-43,45,47-51,53,55-58H2,1-5H3,(H-,62,65,66,67)/b21-19-,27-25-,38-36+,46-44+,54-52+. The topological polar surface area (TPSA) is 108 Å². The summed E-state index contributed by atoms with van der Waals surface area (Å²) in [4.78, 5) is 25.5. The van der Waals surface area contributed by atoms with Crippen molar-refractivity contribution in [3.63, 3.8) is 0 Å². The monoisotopic (exact) mass is 1000 g/mol. The molecular weight excluding hydrogens is 888 g/mol. The molecule has 410 valence electrons. The van der Waals surface area contributed by atoms with Crippen LogP contribution in [-0.4, -0.2) is 68.5 Å². The van der Waals surface area contributed by atoms with Gasteiger partial charge in [-0.25, -0.2) is 0 Å². The molecular formula is C61H115N2O6P. The summed E-state index contributed by atoms with van der Waals surface area (Å²) in [6.07, 6.45) is 70.2. The number of aliphatic hydroxyl groups excluding tert-OH is 1. The van der Waals surface area contributed by atoms with Crippen LogP contribution in [0.1, 0.15) is 271 Å². The molecule has 0 aliphatic carbocycles. The van der Waals surface area contributed by atoms with Gasteiger partial charge in [-0.3, -0.25) is 9.36 Å². The van der Waals surface area contributed by atoms with Crippen molar-refractivity contribution in [1.82, 2.24) is 5.32 Å². The number of phosphoric ester groups is 1. The van der Waals surface area contributed by atoms with Crippen LogP contribution in [0.5, 0.6) is 0 Å². The highest BCUT2D eigenvalue weighted by Gasteiger charge is 2.23. The van der Waals surface area contributed by atoms with E-state index >= 15 is 0 Å². The maximum atomic E-state index is 13.0. The summed E-state index contributed by atoms with van der Waals surface area (Å²) >= 11 is 0. The molecule has 0 fully saturated rings. The molecule has 1 amide bonds. The summed E-state index contributed by atoms with van der Waals surface area (Å²) in [5, 5.41) is 13.9. The Morgan fingerprint density at radius 3 is 1.24 bits per heavy atom. The van der Waals surface area contributed by atoms with Gasteiger partial charge >= 0.3 is 0 Å². The van der Waals surface area contributed by atoms with Crippen molar-refractivity contribution in [3.05, 3.63) is 60.8 Å². The number of carbonyl (C=O) groups is 1. The zero-order chi connectivity index (χ0) is 51.3. The van der Waals surface area contributed by atoms with E-state index in [1.807, 2.05) is 27.2 Å². The van der Waals surface area contributed by atoms with Gasteiger partial charge in [0.05, 0.1) is 39.9 Å². The van der Waals surface area contributed by atoms with Gasteiger partial charge in [-0.15, -0.1) is 0 Å². The molecule has 0 spiro atoms. The molecule has 0 aliphatic heterocycles. The van der Waals surface area contributed by atoms with E-state index in [1.165, 1.54) is 199 Å². The molecule has 0 bridgehead atoms. The van der Waals surface area contributed by atoms with E-state index < -0.39 is 26.6 Å². The lowest BCUT2D eigenvalue weighted by Gasteiger charge is -2.29. The minimum absolute atomic E-state index is 0.0108. The Morgan fingerprint density at radius 2 is 0.843 bits per heavy atom. The van der Waals surface area contributed by atoms with Gasteiger partial charge < -0.3 is 28.8 Å². The molecule has 0 aromatic carbocycles. The second-order valence-corrected chi connectivity index (χ2v) is 22.7. The molecule has 0 rings (SSSR count). The first-order chi connectivity index (χ1) is 34.0. The predicted octanol–water partition coefficient (Wildman–Crippen LogP) is 17.5. The second kappa shape index (κ2) is 52.1. The number of likely N-dealkylation sites (N-methyl/N-ethyl adjacent to an activating group) is 1. The third-order valence-electron chi connectivity index (χ3n) is 13.2. The second-order valence-electron chi connectivity index (χ2n) is 21.3. The fourth-order valence-corrected chi connectivity index (χ4v) is 9.23. The molecule has 0 aromatic rings. The fraction of sp³-hybridized carbons (Fsp3) is 0.820. The molecule has 0 saturated heterocycles. The van der Waals surface area contributed by atoms with Crippen molar-refractivity contribution in [2.24, 2.45) is 0 Å². The number of amides is 1. The van der Waals surface area contributed by atoms with Crippen molar-refractivity contribution < 1.29 is 32.9 Å². The van der Waals surface area contributed by atoms with Gasteiger partial charge in [0.25, 0.3) is 7.82 Å². The number of rotatable bonds is 54. The van der Waals surface area contributed by atoms with E-state index in [2.05, 4.69) is 67.8 Å². The third-order valence-corrected chi connectivity index (χ3v) is 14.1. The number of allylic oxidation sites excluding steroid dienone is 9. The molecule has 70 heavy (non-hydrogen) atoms. The highest BCUT2D eigenvalue weighted by molar-refractivity contribution is 7.45. The van der Waals surface area contributed by atoms with Crippen LogP contribution in [0.2, 0.25) is 0 Å². The van der Waals surface area contributed by atoms with Crippen molar-refractivity contribution >= 4 is 13.7 Å². The van der Waals surface area contributed by atoms with Crippen molar-refractivity contribution in [2.75, 3.05) is 40.9 Å². The maximum absolute atomic E-state index is 13.0. The first-order valence-corrected chi connectivity index (χ1v) is 31.1. The van der Waals surface area contributed by atoms with Gasteiger partial charge in [-0.1, -0.05) is 248 Å². The van der Waals surface area contributed by atoms with Gasteiger partial charge in [0, 0.05) is 6.42 Å². The van der Waals surface area contributed by atoms with E-state index in [4.69, 9.17) is 9.05 Å². The van der Waals surface area contributed by atoms with Gasteiger partial charge in [-0.05, 0) is 77.0 Å². The number of hydrogen-bond acceptors (Lipinski definition) is 6. The van der Waals surface area contributed by atoms with Crippen molar-refractivity contribution in [1.29, 1.82) is 0 Å². The molecule has 0 aliphatic rings. The number of carbonyl (C=O) groups excluding carboxylic acids is 1. The van der Waals surface area contributed by atoms with Gasteiger partial charge in [0.1, 0.15) is 13.2 Å². The van der Waals surface area contributed by atoms with Crippen LogP contribution >= 0.6 is 7.82 Å². The number of hydrogen-bond donors (Lipinski definition) is 2. The molecule has 9 heteroatoms. The number of phosphoric acid groups is 1. The normalized spacial score (nSPS) is 14.3. The molecule has 0 saturated carbocycles. The Hall–Kier alpha value is -1.80. The molecule has 3 atom stereocenters. The summed E-state index contributed by atoms with van der Waals surface area (Å²) in [7, 11) is 1.23. The number of nitrogens with one attached hydrogen (secondary N) is 1. The van der Waals surface area contributed by atoms with E-state index in [0.29, 0.717) is 17.4 Å². The summed E-state index contributed by atoms with van der Waals surface area (Å²) in [5.41, 5.74) is 0. The lowest BCUT2D eigenvalue weighted by molar-refractivity contribution is -0.870. The first-order valence-electron chi connectivity index (χ1n) is 29.7. The van der Waals surface area contributed by atoms with Crippen LogP contribution in [0.4, 0.5) is 0 Å². The largest absolute Gasteiger partial charge is 0.756 e. The zero-order valence-electron chi connectivity index (χ0n) is 46.7. The number of nitrogens with zero attached hydrogens (tertiary/aromatic N) is 1. The molecule has 0 aromatic heterocycles. The van der Waals surface area contributed by atoms with Crippen molar-refractivity contribution in [3.8, 4) is 0 Å². The lowest BCUT2D eigenvalue weighted by Crippen LogP contribution is -2.45. The van der Waals surface area contributed by atoms with Crippen LogP contribution in [0, 0.1) is 0 Å². The van der Waals surface area contributed by atoms with E-state index in [1.54, 1.807) is 6.08 Å². The van der Waals surface area contributed by atoms with E-state index in [0.717, 1.165) is 51.4 Å². The summed E-state index contributed by atoms with van der Waals surface area (Å²) in [5.74, 6) is -0.213. The quantitative estimate of drug-likeness (QED) is 0.0272. The molecule has 0 heterocycles. The Labute approximate surface area is 434 Å². The Bertz CT molecular complexity index is 1320. The van der Waals surface area contributed by atoms with Crippen LogP contribution in [0.15, 0.2) is 60.8 Å². The Balaban J connectivity index is 4.28. The summed E-state index contributed by atoms with van der Waals surface area (Å²) < 4.78 is 23.3. The van der Waals surface area contributed by atoms with Gasteiger partial charge in [0.2, 0.25) is 5.91 Å². The predicted molar refractivity (Wildman–Crippen MR) is 302 cm³/mol. The molecule has 2 N–H and O–H groups in total. The van der Waals surface area contributed by atoms with Gasteiger partial charge in [0.15, 0.2) is 0 Å². The number of unbranched alkanes of at least 4 members (excludes halogenated alkanes) is 33. The summed E-state index contributed by atoms with van der Waals surface area (Å²) in [6, 6.07) is -0.914. The lowest BCUT2D eigenvalue weighted by atomic mass is 10.0. The molecule has 0 radical (unpaired) electrons. The highest BCUT2D eigenvalue weighted by Crippen LogP contribution is 2.38. The smallest absolute Gasteiger partial charge is 0.268 e. The van der Waals surface area contributed by atoms with Crippen LogP contribution in [0.3, 0.4) is 0 Å². The molecule has 8 nitrogen and oxygen atoms in total. The first kappa shape index (κ1) is 68.2. The van der Waals surface area contributed by atoms with Crippen LogP contribution in [0.25, 0.3) is 0 Å². The summed E-state index contributed by atoms with van der Waals surface area (Å²) in [6.45, 7) is 4.63. The Kier molecular flexibility index (Phi) is 50.7. The van der Waals surface area contributed by atoms with E-state index in [-0.39, 0.29) is 12.5 Å².